The predicted molar refractivity (Wildman–Crippen MR) is 127 cm³/mol. The van der Waals surface area contributed by atoms with E-state index in [1.807, 2.05) is 52.0 Å². The summed E-state index contributed by atoms with van der Waals surface area (Å²) in [5.74, 6) is 0.211. The van der Waals surface area contributed by atoms with Gasteiger partial charge in [0.1, 0.15) is 11.9 Å². The van der Waals surface area contributed by atoms with Crippen molar-refractivity contribution < 1.29 is 14.0 Å². The number of halogens is 2. The van der Waals surface area contributed by atoms with Gasteiger partial charge in [0.2, 0.25) is 11.8 Å². The highest BCUT2D eigenvalue weighted by molar-refractivity contribution is 7.99. The number of hydrogen-bond donors (Lipinski definition) is 1. The Bertz CT molecular complexity index is 884. The molecule has 31 heavy (non-hydrogen) atoms. The summed E-state index contributed by atoms with van der Waals surface area (Å²) in [7, 11) is 0. The van der Waals surface area contributed by atoms with Gasteiger partial charge in [0.25, 0.3) is 0 Å². The SMILES string of the molecule is CC[C@@H](C(=O)NC(C)(C)C)N(Cc1ccc(F)cc1)C(=O)CSCc1cccc(Cl)c1. The molecule has 0 radical (unpaired) electrons. The molecule has 0 saturated heterocycles. The summed E-state index contributed by atoms with van der Waals surface area (Å²) < 4.78 is 13.3. The molecule has 0 aromatic heterocycles. The summed E-state index contributed by atoms with van der Waals surface area (Å²) in [4.78, 5) is 27.7. The Morgan fingerprint density at radius 2 is 1.81 bits per heavy atom. The molecule has 7 heteroatoms. The van der Waals surface area contributed by atoms with Crippen molar-refractivity contribution >= 4 is 35.2 Å². The maximum Gasteiger partial charge on any atom is 0.243 e. The summed E-state index contributed by atoms with van der Waals surface area (Å²) in [5.41, 5.74) is 1.40. The Morgan fingerprint density at radius 1 is 1.13 bits per heavy atom. The second kappa shape index (κ2) is 11.5. The largest absolute Gasteiger partial charge is 0.350 e. The number of carbonyl (C=O) groups excluding carboxylic acids is 2. The molecule has 0 aliphatic rings. The van der Waals surface area contributed by atoms with E-state index in [-0.39, 0.29) is 29.9 Å². The molecule has 1 atom stereocenters. The molecule has 2 rings (SSSR count). The quantitative estimate of drug-likeness (QED) is 0.538. The zero-order chi connectivity index (χ0) is 23.0. The average Bonchev–Trinajstić information content (AvgIpc) is 2.68. The number of nitrogens with zero attached hydrogens (tertiary/aromatic N) is 1. The van der Waals surface area contributed by atoms with Gasteiger partial charge < -0.3 is 10.2 Å². The van der Waals surface area contributed by atoms with Crippen molar-refractivity contribution in [2.24, 2.45) is 0 Å². The van der Waals surface area contributed by atoms with Crippen molar-refractivity contribution in [2.75, 3.05) is 5.75 Å². The standard InChI is InChI=1S/C24H30ClFN2O2S/c1-5-21(23(30)27-24(2,3)4)28(14-17-9-11-20(26)12-10-17)22(29)16-31-15-18-7-6-8-19(25)13-18/h6-13,21H,5,14-16H2,1-4H3,(H,27,30)/t21-/m0/s1. The van der Waals surface area contributed by atoms with Gasteiger partial charge in [-0.25, -0.2) is 4.39 Å². The first kappa shape index (κ1) is 25.2. The highest BCUT2D eigenvalue weighted by Crippen LogP contribution is 2.20. The zero-order valence-electron chi connectivity index (χ0n) is 18.5. The lowest BCUT2D eigenvalue weighted by molar-refractivity contribution is -0.140. The average molecular weight is 465 g/mol. The molecular formula is C24H30ClFN2O2S. The molecule has 0 bridgehead atoms. The van der Waals surface area contributed by atoms with Crippen LogP contribution in [-0.2, 0) is 21.9 Å². The monoisotopic (exact) mass is 464 g/mol. The normalized spacial score (nSPS) is 12.3. The lowest BCUT2D eigenvalue weighted by Crippen LogP contribution is -2.53. The minimum atomic E-state index is -0.608. The first-order valence-electron chi connectivity index (χ1n) is 10.3. The van der Waals surface area contributed by atoms with Gasteiger partial charge in [0, 0.05) is 22.9 Å². The molecule has 0 fully saturated rings. The van der Waals surface area contributed by atoms with E-state index in [4.69, 9.17) is 11.6 Å². The Kier molecular flexibility index (Phi) is 9.38. The van der Waals surface area contributed by atoms with Crippen LogP contribution in [0.5, 0.6) is 0 Å². The lowest BCUT2D eigenvalue weighted by atomic mass is 10.1. The molecule has 2 aromatic carbocycles. The van der Waals surface area contributed by atoms with Crippen molar-refractivity contribution in [1.82, 2.24) is 10.2 Å². The molecule has 1 N–H and O–H groups in total. The Labute approximate surface area is 193 Å². The van der Waals surface area contributed by atoms with Crippen molar-refractivity contribution in [3.05, 3.63) is 70.5 Å². The van der Waals surface area contributed by atoms with E-state index in [1.165, 1.54) is 23.9 Å². The molecule has 168 valence electrons. The number of rotatable bonds is 9. The molecule has 0 saturated carbocycles. The van der Waals surface area contributed by atoms with E-state index in [0.29, 0.717) is 17.2 Å². The number of benzene rings is 2. The van der Waals surface area contributed by atoms with Crippen LogP contribution in [0, 0.1) is 5.82 Å². The maximum atomic E-state index is 13.3. The molecule has 2 aromatic rings. The minimum Gasteiger partial charge on any atom is -0.350 e. The van der Waals surface area contributed by atoms with E-state index >= 15 is 0 Å². The fourth-order valence-corrected chi connectivity index (χ4v) is 4.20. The number of amides is 2. The first-order valence-corrected chi connectivity index (χ1v) is 11.8. The highest BCUT2D eigenvalue weighted by atomic mass is 35.5. The molecule has 2 amide bonds. The van der Waals surface area contributed by atoms with Gasteiger partial charge in [-0.3, -0.25) is 9.59 Å². The van der Waals surface area contributed by atoms with Crippen molar-refractivity contribution in [3.8, 4) is 0 Å². The number of hydrogen-bond acceptors (Lipinski definition) is 3. The maximum absolute atomic E-state index is 13.3. The highest BCUT2D eigenvalue weighted by Gasteiger charge is 2.30. The van der Waals surface area contributed by atoms with Crippen LogP contribution in [0.4, 0.5) is 4.39 Å². The third-order valence-corrected chi connectivity index (χ3v) is 5.76. The van der Waals surface area contributed by atoms with Crippen molar-refractivity contribution in [3.63, 3.8) is 0 Å². The Balaban J connectivity index is 2.15. The van der Waals surface area contributed by atoms with Gasteiger partial charge in [0.05, 0.1) is 5.75 Å². The van der Waals surface area contributed by atoms with E-state index < -0.39 is 11.6 Å². The van der Waals surface area contributed by atoms with Crippen LogP contribution < -0.4 is 5.32 Å². The molecule has 0 aliphatic heterocycles. The zero-order valence-corrected chi connectivity index (χ0v) is 20.0. The number of thioether (sulfide) groups is 1. The van der Waals surface area contributed by atoms with Crippen molar-refractivity contribution in [2.45, 2.75) is 58.0 Å². The van der Waals surface area contributed by atoms with Gasteiger partial charge in [-0.2, -0.15) is 0 Å². The van der Waals surface area contributed by atoms with Crippen LogP contribution in [0.15, 0.2) is 48.5 Å². The van der Waals surface area contributed by atoms with Crippen LogP contribution in [0.2, 0.25) is 5.02 Å². The third-order valence-electron chi connectivity index (χ3n) is 4.53. The Morgan fingerprint density at radius 3 is 2.39 bits per heavy atom. The smallest absolute Gasteiger partial charge is 0.243 e. The number of nitrogens with one attached hydrogen (secondary N) is 1. The van der Waals surface area contributed by atoms with Gasteiger partial charge in [-0.1, -0.05) is 42.8 Å². The summed E-state index contributed by atoms with van der Waals surface area (Å²) in [6, 6.07) is 12.9. The van der Waals surface area contributed by atoms with E-state index in [0.717, 1.165) is 11.1 Å². The Hall–Kier alpha value is -2.05. The second-order valence-electron chi connectivity index (χ2n) is 8.43. The van der Waals surface area contributed by atoms with Crippen LogP contribution >= 0.6 is 23.4 Å². The second-order valence-corrected chi connectivity index (χ2v) is 9.86. The third kappa shape index (κ3) is 8.54. The molecular weight excluding hydrogens is 435 g/mol. The van der Waals surface area contributed by atoms with Crippen LogP contribution in [0.3, 0.4) is 0 Å². The summed E-state index contributed by atoms with van der Waals surface area (Å²) in [6.45, 7) is 7.85. The molecule has 0 aliphatic carbocycles. The molecule has 0 heterocycles. The van der Waals surface area contributed by atoms with E-state index in [9.17, 15) is 14.0 Å². The fraction of sp³-hybridized carbons (Fsp3) is 0.417. The topological polar surface area (TPSA) is 49.4 Å². The summed E-state index contributed by atoms with van der Waals surface area (Å²) >= 11 is 7.51. The van der Waals surface area contributed by atoms with Crippen molar-refractivity contribution in [1.29, 1.82) is 0 Å². The minimum absolute atomic E-state index is 0.132. The number of carbonyl (C=O) groups is 2. The van der Waals surface area contributed by atoms with Gasteiger partial charge in [-0.15, -0.1) is 11.8 Å². The predicted octanol–water partition coefficient (Wildman–Crippen LogP) is 5.43. The van der Waals surface area contributed by atoms with Gasteiger partial charge >= 0.3 is 0 Å². The summed E-state index contributed by atoms with van der Waals surface area (Å²) in [5, 5.41) is 3.63. The molecule has 4 nitrogen and oxygen atoms in total. The van der Waals surface area contributed by atoms with Crippen LogP contribution in [0.1, 0.15) is 45.2 Å². The van der Waals surface area contributed by atoms with E-state index in [2.05, 4.69) is 5.32 Å². The van der Waals surface area contributed by atoms with Gasteiger partial charge in [-0.05, 0) is 62.6 Å². The van der Waals surface area contributed by atoms with Gasteiger partial charge in [0.15, 0.2) is 0 Å². The van der Waals surface area contributed by atoms with Crippen LogP contribution in [-0.4, -0.2) is 34.0 Å². The summed E-state index contributed by atoms with van der Waals surface area (Å²) in [6.07, 6.45) is 0.480. The molecule has 0 unspecified atom stereocenters. The first-order chi connectivity index (χ1) is 14.6. The van der Waals surface area contributed by atoms with Crippen LogP contribution in [0.25, 0.3) is 0 Å². The van der Waals surface area contributed by atoms with E-state index in [1.54, 1.807) is 17.0 Å². The fourth-order valence-electron chi connectivity index (χ4n) is 3.12. The lowest BCUT2D eigenvalue weighted by Gasteiger charge is -2.33. The molecule has 0 spiro atoms.